The second kappa shape index (κ2) is 44.9. The smallest absolute Gasteiger partial charge is 0.338 e. The van der Waals surface area contributed by atoms with Crippen LogP contribution in [0.15, 0.2) is 152 Å². The Kier molecular flexibility index (Phi) is 36.0. The number of aldehydes is 1. The van der Waals surface area contributed by atoms with Crippen LogP contribution in [0.4, 0.5) is 0 Å². The fraction of sp³-hybridized carbons (Fsp3) is 0.427. The van der Waals surface area contributed by atoms with E-state index in [0.717, 1.165) is 5.56 Å². The number of nitrogens with two attached hydrogens (primary N) is 7. The van der Waals surface area contributed by atoms with Crippen LogP contribution in [-0.2, 0) is 80.0 Å². The SMILES string of the molecule is CC[C@H](C)[C@H](NC(=O)[C@H](CCCNC(N)=[NH2+])NC(=O)[C@H](CCCNC(N)=[NH2+])NC(=O)[C@H](CC(C)C)NC(=O)[C@H](Cc1ccccc1)NC(=O)[C@@H](N)CCCNC(N)=[NH2+])C(=O)N[C@@H](Cc1ccccc1)C(=O)N[C@@H](Cc1ccccc1)C(=O)N[C@@H](Cc1ccccc1)C(=O)N[C@H](C=O)Cc1ccccc1. The molecular weight excluding hydrogens is 1330 g/mol. The van der Waals surface area contributed by atoms with E-state index in [0.29, 0.717) is 47.9 Å². The van der Waals surface area contributed by atoms with Gasteiger partial charge in [0.2, 0.25) is 53.2 Å². The van der Waals surface area contributed by atoms with E-state index < -0.39 is 120 Å². The van der Waals surface area contributed by atoms with E-state index in [2.05, 4.69) is 63.8 Å². The van der Waals surface area contributed by atoms with Gasteiger partial charge >= 0.3 is 17.9 Å². The third-order valence-electron chi connectivity index (χ3n) is 17.2. The second-order valence-electron chi connectivity index (χ2n) is 26.3. The molecule has 560 valence electrons. The molecule has 0 heterocycles. The zero-order valence-electron chi connectivity index (χ0n) is 59.9. The fourth-order valence-electron chi connectivity index (χ4n) is 11.4. The van der Waals surface area contributed by atoms with E-state index in [-0.39, 0.29) is 108 Å². The molecule has 0 unspecified atom stereocenters. The number of benzene rings is 5. The summed E-state index contributed by atoms with van der Waals surface area (Å²) in [6.45, 7) is 7.84. The van der Waals surface area contributed by atoms with Crippen LogP contribution in [0, 0.1) is 11.8 Å². The summed E-state index contributed by atoms with van der Waals surface area (Å²) in [6, 6.07) is 32.2. The standard InChI is InChI=1S/C75H105N19O10/c1-5-48(4)63(72(104)93-62(45-53-32-19-10-20-33-53)71(103)92-61(44-52-30-17-9-18-31-52)70(102)91-59(42-50-26-13-7-14-27-50)67(99)86-54(46-95)41-49-24-11-6-12-25-49)94-66(98)57(36-23-39-85-75(81)82)87-65(97)56(35-22-38-84-74(79)80)88-68(100)58(40-47(2)3)90-69(101)60(43-51-28-15-8-16-29-51)89-64(96)55(76)34-21-37-83-73(77)78/h6-20,24-33,46-48,54-63H,5,21-23,34-45,76H2,1-4H3,(H,86,99)(H,87,97)(H,88,100)(H,89,96)(H,90,101)(H,91,102)(H,92,103)(H,93,104)(H,94,98)(H4,77,78,83)(H4,79,80,84)(H4,81,82,85)/p+3/t48-,54-,55-,56-,57-,58-,59-,60-,61-,62-,63-/m0/s1. The molecule has 0 bridgehead atoms. The fourth-order valence-corrected chi connectivity index (χ4v) is 11.4. The summed E-state index contributed by atoms with van der Waals surface area (Å²) >= 11 is 0. The molecule has 29 nitrogen and oxygen atoms in total. The quantitative estimate of drug-likeness (QED) is 0.00756. The molecule has 5 aromatic rings. The van der Waals surface area contributed by atoms with E-state index in [4.69, 9.17) is 39.2 Å². The number of hydrogen-bond donors (Lipinski definition) is 19. The van der Waals surface area contributed by atoms with Gasteiger partial charge in [-0.05, 0) is 91.0 Å². The van der Waals surface area contributed by atoms with Gasteiger partial charge < -0.3 is 58.4 Å². The Morgan fingerprint density at radius 2 is 0.644 bits per heavy atom. The van der Waals surface area contributed by atoms with Crippen molar-refractivity contribution in [2.45, 2.75) is 172 Å². The van der Waals surface area contributed by atoms with Crippen LogP contribution < -0.4 is 103 Å². The van der Waals surface area contributed by atoms with Crippen molar-refractivity contribution in [3.05, 3.63) is 179 Å². The van der Waals surface area contributed by atoms with Crippen LogP contribution >= 0.6 is 0 Å². The van der Waals surface area contributed by atoms with Crippen molar-refractivity contribution in [1.82, 2.24) is 63.8 Å². The Bertz CT molecular complexity index is 3580. The lowest BCUT2D eigenvalue weighted by Gasteiger charge is -2.30. The summed E-state index contributed by atoms with van der Waals surface area (Å²) < 4.78 is 0. The topological polar surface area (TPSA) is 496 Å². The Balaban J connectivity index is 1.44. The normalized spacial score (nSPS) is 14.1. The lowest BCUT2D eigenvalue weighted by atomic mass is 9.96. The van der Waals surface area contributed by atoms with E-state index in [1.54, 1.807) is 129 Å². The Morgan fingerprint density at radius 3 is 0.981 bits per heavy atom. The molecule has 0 saturated heterocycles. The van der Waals surface area contributed by atoms with Gasteiger partial charge in [0.15, 0.2) is 0 Å². The average molecular weight is 1440 g/mol. The van der Waals surface area contributed by atoms with Crippen LogP contribution in [0.5, 0.6) is 0 Å². The second-order valence-corrected chi connectivity index (χ2v) is 26.3. The molecule has 0 saturated carbocycles. The highest BCUT2D eigenvalue weighted by molar-refractivity contribution is 5.99. The molecule has 104 heavy (non-hydrogen) atoms. The minimum atomic E-state index is -1.40. The summed E-state index contributed by atoms with van der Waals surface area (Å²) in [5.41, 5.74) is 26.7. The van der Waals surface area contributed by atoms with Gasteiger partial charge in [-0.1, -0.05) is 186 Å². The molecule has 11 atom stereocenters. The summed E-state index contributed by atoms with van der Waals surface area (Å²) in [4.78, 5) is 144. The molecule has 0 aromatic heterocycles. The third kappa shape index (κ3) is 30.9. The van der Waals surface area contributed by atoms with E-state index >= 15 is 14.4 Å². The number of guanidine groups is 3. The van der Waals surface area contributed by atoms with Gasteiger partial charge in [0.1, 0.15) is 54.6 Å². The van der Waals surface area contributed by atoms with Crippen LogP contribution in [0.1, 0.15) is 107 Å². The highest BCUT2D eigenvalue weighted by atomic mass is 16.2. The van der Waals surface area contributed by atoms with Crippen LogP contribution in [0.3, 0.4) is 0 Å². The van der Waals surface area contributed by atoms with Crippen LogP contribution in [0.2, 0.25) is 0 Å². The number of hydrogen-bond acceptors (Lipinski definition) is 11. The third-order valence-corrected chi connectivity index (χ3v) is 17.2. The van der Waals surface area contributed by atoms with Gasteiger partial charge in [-0.15, -0.1) is 0 Å². The number of carbonyl (C=O) groups excluding carboxylic acids is 10. The minimum Gasteiger partial charge on any atom is -0.344 e. The van der Waals surface area contributed by atoms with E-state index in [1.165, 1.54) is 0 Å². The predicted octanol–water partition coefficient (Wildman–Crippen LogP) is -4.49. The van der Waals surface area contributed by atoms with Crippen molar-refractivity contribution in [2.24, 2.45) is 34.8 Å². The number of amides is 9. The number of rotatable bonds is 45. The van der Waals surface area contributed by atoms with Crippen molar-refractivity contribution >= 4 is 77.3 Å². The van der Waals surface area contributed by atoms with Crippen molar-refractivity contribution in [3.63, 3.8) is 0 Å². The Morgan fingerprint density at radius 1 is 0.365 bits per heavy atom. The largest absolute Gasteiger partial charge is 0.344 e. The molecule has 0 spiro atoms. The summed E-state index contributed by atoms with van der Waals surface area (Å²) in [7, 11) is 0. The number of carbonyl (C=O) groups is 10. The molecule has 9 amide bonds. The molecule has 0 radical (unpaired) electrons. The molecule has 5 rings (SSSR count). The first-order valence-corrected chi connectivity index (χ1v) is 35.3. The maximum Gasteiger partial charge on any atom is 0.338 e. The maximum absolute atomic E-state index is 15.1. The van der Waals surface area contributed by atoms with Crippen molar-refractivity contribution < 1.29 is 64.2 Å². The first-order chi connectivity index (χ1) is 49.8. The molecule has 29 heteroatoms. The van der Waals surface area contributed by atoms with E-state index in [1.807, 2.05) is 50.2 Å². The van der Waals surface area contributed by atoms with Gasteiger partial charge in [0, 0.05) is 25.7 Å². The Hall–Kier alpha value is -11.2. The summed E-state index contributed by atoms with van der Waals surface area (Å²) in [5.74, 6) is -7.67. The van der Waals surface area contributed by atoms with Crippen LogP contribution in [-0.4, -0.2) is 157 Å². The van der Waals surface area contributed by atoms with E-state index in [9.17, 15) is 33.6 Å². The predicted molar refractivity (Wildman–Crippen MR) is 396 cm³/mol. The highest BCUT2D eigenvalue weighted by Gasteiger charge is 2.37. The van der Waals surface area contributed by atoms with Crippen molar-refractivity contribution in [1.29, 1.82) is 0 Å². The number of nitrogens with one attached hydrogen (secondary N) is 12. The lowest BCUT2D eigenvalue weighted by Crippen LogP contribution is -2.62. The van der Waals surface area contributed by atoms with Crippen LogP contribution in [0.25, 0.3) is 0 Å². The van der Waals surface area contributed by atoms with Gasteiger partial charge in [-0.25, -0.2) is 0 Å². The zero-order chi connectivity index (χ0) is 75.9. The molecule has 0 aliphatic rings. The molecule has 0 fully saturated rings. The average Bonchev–Trinajstić information content (AvgIpc) is 0.848. The molecule has 0 aliphatic heterocycles. The van der Waals surface area contributed by atoms with Gasteiger partial charge in [-0.2, -0.15) is 0 Å². The maximum atomic E-state index is 15.1. The highest BCUT2D eigenvalue weighted by Crippen LogP contribution is 2.16. The molecular formula is C75H108N19O10+3. The molecule has 0 aliphatic carbocycles. The Labute approximate surface area is 608 Å². The zero-order valence-corrected chi connectivity index (χ0v) is 59.9. The first-order valence-electron chi connectivity index (χ1n) is 35.3. The van der Waals surface area contributed by atoms with Crippen molar-refractivity contribution in [3.8, 4) is 0 Å². The molecule has 26 N–H and O–H groups in total. The monoisotopic (exact) mass is 1430 g/mol. The minimum absolute atomic E-state index is 0.0114. The van der Waals surface area contributed by atoms with Gasteiger partial charge in [-0.3, -0.25) is 92.5 Å². The van der Waals surface area contributed by atoms with Gasteiger partial charge in [0.25, 0.3) is 0 Å². The summed E-state index contributed by atoms with van der Waals surface area (Å²) in [5, 5.41) is 50.8. The van der Waals surface area contributed by atoms with Gasteiger partial charge in [0.05, 0.1) is 31.7 Å². The van der Waals surface area contributed by atoms with Crippen molar-refractivity contribution in [2.75, 3.05) is 19.6 Å². The lowest BCUT2D eigenvalue weighted by molar-refractivity contribution is -0.136. The molecule has 5 aromatic carbocycles. The first kappa shape index (κ1) is 83.4. The summed E-state index contributed by atoms with van der Waals surface area (Å²) in [6.07, 6.45) is 2.01.